The summed E-state index contributed by atoms with van der Waals surface area (Å²) < 4.78 is 25.5. The number of amidine groups is 1. The van der Waals surface area contributed by atoms with E-state index in [-0.39, 0.29) is 24.6 Å². The molecule has 2 amide bonds. The van der Waals surface area contributed by atoms with Crippen molar-refractivity contribution in [3.05, 3.63) is 76.3 Å². The van der Waals surface area contributed by atoms with Gasteiger partial charge in [-0.1, -0.05) is 65.9 Å². The molecule has 11 nitrogen and oxygen atoms in total. The number of nitrogens with zero attached hydrogens (tertiary/aromatic N) is 3. The largest absolute Gasteiger partial charge is 0.387 e. The molecule has 0 spiro atoms. The van der Waals surface area contributed by atoms with Gasteiger partial charge in [0.05, 0.1) is 19.1 Å². The van der Waals surface area contributed by atoms with E-state index in [2.05, 4.69) is 25.2 Å². The molecule has 2 aromatic carbocycles. The average Bonchev–Trinajstić information content (AvgIpc) is 3.36. The Bertz CT molecular complexity index is 1500. The minimum absolute atomic E-state index is 0.0433. The summed E-state index contributed by atoms with van der Waals surface area (Å²) in [6, 6.07) is 16.2. The van der Waals surface area contributed by atoms with E-state index in [4.69, 9.17) is 11.1 Å². The summed E-state index contributed by atoms with van der Waals surface area (Å²) in [4.78, 5) is 28.6. The van der Waals surface area contributed by atoms with Crippen molar-refractivity contribution in [2.45, 2.75) is 64.3 Å². The zero-order valence-corrected chi connectivity index (χ0v) is 25.4. The van der Waals surface area contributed by atoms with E-state index in [0.29, 0.717) is 42.1 Å². The molecule has 1 atom stereocenters. The molecular formula is C29H37N7O4S2. The van der Waals surface area contributed by atoms with Gasteiger partial charge in [-0.15, -0.1) is 10.2 Å². The number of anilines is 1. The Morgan fingerprint density at radius 1 is 1.00 bits per heavy atom. The van der Waals surface area contributed by atoms with Crippen LogP contribution in [0.1, 0.15) is 66.8 Å². The number of nitrogens with one attached hydrogen (secondary N) is 3. The number of rotatable bonds is 16. The molecular weight excluding hydrogens is 574 g/mol. The lowest BCUT2D eigenvalue weighted by Gasteiger charge is -2.13. The van der Waals surface area contributed by atoms with Gasteiger partial charge >= 0.3 is 0 Å². The molecule has 5 N–H and O–H groups in total. The number of carbonyl (C=O) groups is 2. The van der Waals surface area contributed by atoms with E-state index in [1.807, 2.05) is 30.3 Å². The molecule has 0 saturated carbocycles. The molecule has 1 unspecified atom stereocenters. The lowest BCUT2D eigenvalue weighted by molar-refractivity contribution is -0.117. The van der Waals surface area contributed by atoms with Crippen LogP contribution in [-0.2, 0) is 38.9 Å². The lowest BCUT2D eigenvalue weighted by Crippen LogP contribution is -2.25. The molecule has 0 aliphatic rings. The smallest absolute Gasteiger partial charge is 0.251 e. The number of nitrogens with two attached hydrogens (primary N) is 1. The lowest BCUT2D eigenvalue weighted by atomic mass is 10.0. The van der Waals surface area contributed by atoms with E-state index in [9.17, 15) is 18.0 Å². The van der Waals surface area contributed by atoms with Crippen LogP contribution in [0.5, 0.6) is 0 Å². The van der Waals surface area contributed by atoms with Crippen molar-refractivity contribution < 1.29 is 18.0 Å². The number of amides is 2. The number of aromatic nitrogens is 2. The fourth-order valence-corrected chi connectivity index (χ4v) is 5.74. The Hall–Kier alpha value is -3.81. The summed E-state index contributed by atoms with van der Waals surface area (Å²) in [6.45, 7) is 1.73. The van der Waals surface area contributed by atoms with E-state index in [0.717, 1.165) is 35.2 Å². The van der Waals surface area contributed by atoms with Crippen LogP contribution in [-0.4, -0.2) is 48.2 Å². The quantitative estimate of drug-likeness (QED) is 0.107. The second-order valence-electron chi connectivity index (χ2n) is 10.1. The molecule has 42 heavy (non-hydrogen) atoms. The predicted octanol–water partition coefficient (Wildman–Crippen LogP) is 3.97. The molecule has 3 rings (SSSR count). The number of hydrogen-bond donors (Lipinski definition) is 4. The minimum Gasteiger partial charge on any atom is -0.387 e. The summed E-state index contributed by atoms with van der Waals surface area (Å²) in [7, 11) is -3.36. The van der Waals surface area contributed by atoms with Crippen molar-refractivity contribution in [1.82, 2.24) is 14.9 Å². The number of aryl methyl sites for hydroxylation is 1. The van der Waals surface area contributed by atoms with Gasteiger partial charge in [0, 0.05) is 24.6 Å². The SMILES string of the molecule is CC(NS(C)(=O)=O)c1cccc(CC(=O)N=C(N)CCC(=N)CCCCc2nnc(NC(=O)Cc3ccccc3)s2)c1. The summed E-state index contributed by atoms with van der Waals surface area (Å²) in [6.07, 6.45) is 5.10. The third-order valence-electron chi connectivity index (χ3n) is 6.19. The maximum atomic E-state index is 12.4. The van der Waals surface area contributed by atoms with Gasteiger partial charge in [0.25, 0.3) is 5.91 Å². The van der Waals surface area contributed by atoms with Crippen LogP contribution in [0.4, 0.5) is 5.13 Å². The van der Waals surface area contributed by atoms with E-state index in [1.165, 1.54) is 11.3 Å². The van der Waals surface area contributed by atoms with Crippen molar-refractivity contribution in [1.29, 1.82) is 5.41 Å². The molecule has 0 aliphatic heterocycles. The monoisotopic (exact) mass is 611 g/mol. The van der Waals surface area contributed by atoms with Gasteiger partial charge in [0.2, 0.25) is 21.1 Å². The van der Waals surface area contributed by atoms with Crippen LogP contribution >= 0.6 is 11.3 Å². The summed E-state index contributed by atoms with van der Waals surface area (Å²) >= 11 is 1.36. The highest BCUT2D eigenvalue weighted by Crippen LogP contribution is 2.19. The first-order chi connectivity index (χ1) is 20.0. The molecule has 1 heterocycles. The number of hydrogen-bond acceptors (Lipinski definition) is 8. The third-order valence-corrected chi connectivity index (χ3v) is 7.87. The Labute approximate surface area is 250 Å². The van der Waals surface area contributed by atoms with E-state index < -0.39 is 22.0 Å². The highest BCUT2D eigenvalue weighted by atomic mass is 32.2. The van der Waals surface area contributed by atoms with E-state index >= 15 is 0 Å². The zero-order valence-electron chi connectivity index (χ0n) is 23.8. The van der Waals surface area contributed by atoms with Gasteiger partial charge in [-0.25, -0.2) is 18.1 Å². The molecule has 0 bridgehead atoms. The maximum Gasteiger partial charge on any atom is 0.251 e. The Balaban J connectivity index is 1.33. The topological polar surface area (TPSA) is 180 Å². The van der Waals surface area contributed by atoms with Crippen molar-refractivity contribution >= 4 is 49.9 Å². The molecule has 13 heteroatoms. The van der Waals surface area contributed by atoms with Crippen molar-refractivity contribution in [2.75, 3.05) is 11.6 Å². The second-order valence-corrected chi connectivity index (χ2v) is 12.9. The molecule has 224 valence electrons. The van der Waals surface area contributed by atoms with Crippen molar-refractivity contribution in [3.63, 3.8) is 0 Å². The van der Waals surface area contributed by atoms with Crippen molar-refractivity contribution in [2.24, 2.45) is 10.7 Å². The molecule has 0 aliphatic carbocycles. The number of sulfonamides is 1. The van der Waals surface area contributed by atoms with Crippen LogP contribution in [0.3, 0.4) is 0 Å². The maximum absolute atomic E-state index is 12.4. The Kier molecular flexibility index (Phi) is 12.5. The van der Waals surface area contributed by atoms with Gasteiger partial charge < -0.3 is 16.5 Å². The van der Waals surface area contributed by atoms with Crippen LogP contribution in [0.25, 0.3) is 0 Å². The van der Waals surface area contributed by atoms with Gasteiger partial charge in [-0.3, -0.25) is 9.59 Å². The normalized spacial score (nSPS) is 12.6. The van der Waals surface area contributed by atoms with Gasteiger partial charge in [-0.05, 0) is 49.3 Å². The van der Waals surface area contributed by atoms with E-state index in [1.54, 1.807) is 31.2 Å². The Morgan fingerprint density at radius 2 is 1.74 bits per heavy atom. The number of unbranched alkanes of at least 4 members (excludes halogenated alkanes) is 1. The molecule has 0 radical (unpaired) electrons. The average molecular weight is 612 g/mol. The molecule has 0 fully saturated rings. The van der Waals surface area contributed by atoms with Gasteiger partial charge in [0.1, 0.15) is 10.8 Å². The highest BCUT2D eigenvalue weighted by Gasteiger charge is 2.13. The molecule has 1 aromatic heterocycles. The Morgan fingerprint density at radius 3 is 2.48 bits per heavy atom. The van der Waals surface area contributed by atoms with Gasteiger partial charge in [-0.2, -0.15) is 0 Å². The van der Waals surface area contributed by atoms with Gasteiger partial charge in [0.15, 0.2) is 0 Å². The molecule has 3 aromatic rings. The van der Waals surface area contributed by atoms with Crippen LogP contribution in [0, 0.1) is 5.41 Å². The summed E-state index contributed by atoms with van der Waals surface area (Å²) in [5, 5.41) is 20.5. The fraction of sp³-hybridized carbons (Fsp3) is 0.379. The minimum atomic E-state index is -3.36. The number of benzene rings is 2. The van der Waals surface area contributed by atoms with Crippen molar-refractivity contribution in [3.8, 4) is 0 Å². The third kappa shape index (κ3) is 12.4. The number of aliphatic imine (C=N–C) groups is 1. The molecule has 0 saturated heterocycles. The first-order valence-electron chi connectivity index (χ1n) is 13.6. The summed E-state index contributed by atoms with van der Waals surface area (Å²) in [5.74, 6) is -0.346. The standard InChI is InChI=1S/C29H37N7O4S2/c1-20(36-42(2,39)40)23-12-8-11-22(17-23)19-26(37)32-25(31)16-15-24(30)13-6-7-14-28-34-35-29(41-28)33-27(38)18-21-9-4-3-5-10-21/h3-5,8-12,17,20,30,36H,6-7,13-16,18-19H2,1-2H3,(H2,31,32,37)(H,33,35,38). The zero-order chi connectivity index (χ0) is 30.5. The highest BCUT2D eigenvalue weighted by molar-refractivity contribution is 7.88. The fourth-order valence-electron chi connectivity index (χ4n) is 4.16. The first kappa shape index (κ1) is 32.7. The van der Waals surface area contributed by atoms with Crippen LogP contribution in [0.2, 0.25) is 0 Å². The first-order valence-corrected chi connectivity index (χ1v) is 16.3. The van der Waals surface area contributed by atoms with Crippen LogP contribution in [0.15, 0.2) is 59.6 Å². The van der Waals surface area contributed by atoms with Crippen LogP contribution < -0.4 is 15.8 Å². The number of carbonyl (C=O) groups excluding carboxylic acids is 2. The second kappa shape index (κ2) is 16.0. The predicted molar refractivity (Wildman–Crippen MR) is 166 cm³/mol. The summed E-state index contributed by atoms with van der Waals surface area (Å²) in [5.41, 5.74) is 8.87.